The van der Waals surface area contributed by atoms with Crippen LogP contribution in [0.4, 0.5) is 13.2 Å². The van der Waals surface area contributed by atoms with Crippen LogP contribution in [0, 0.1) is 0 Å². The van der Waals surface area contributed by atoms with E-state index in [2.05, 4.69) is 15.0 Å². The van der Waals surface area contributed by atoms with Crippen molar-refractivity contribution in [3.05, 3.63) is 53.0 Å². The van der Waals surface area contributed by atoms with Crippen molar-refractivity contribution in [1.29, 1.82) is 0 Å². The summed E-state index contributed by atoms with van der Waals surface area (Å²) in [4.78, 5) is 6.60. The number of likely N-dealkylation sites (tertiary alicyclic amines) is 1. The molecule has 3 heterocycles. The zero-order valence-electron chi connectivity index (χ0n) is 17.7. The van der Waals surface area contributed by atoms with Crippen LogP contribution in [0.15, 0.2) is 30.3 Å². The minimum absolute atomic E-state index is 0.0686. The molecule has 0 spiro atoms. The number of methoxy groups -OCH3 is 2. The summed E-state index contributed by atoms with van der Waals surface area (Å²) < 4.78 is 52.4. The van der Waals surface area contributed by atoms with E-state index in [0.717, 1.165) is 35.5 Å². The van der Waals surface area contributed by atoms with Gasteiger partial charge < -0.3 is 9.47 Å². The highest BCUT2D eigenvalue weighted by Gasteiger charge is 2.36. The van der Waals surface area contributed by atoms with Crippen LogP contribution >= 0.6 is 0 Å². The zero-order chi connectivity index (χ0) is 22.2. The third-order valence-electron chi connectivity index (χ3n) is 5.69. The predicted molar refractivity (Wildman–Crippen MR) is 109 cm³/mol. The van der Waals surface area contributed by atoms with Gasteiger partial charge in [0.1, 0.15) is 5.69 Å². The van der Waals surface area contributed by atoms with Gasteiger partial charge in [-0.2, -0.15) is 18.3 Å². The van der Waals surface area contributed by atoms with E-state index in [0.29, 0.717) is 35.9 Å². The molecule has 0 amide bonds. The third kappa shape index (κ3) is 4.19. The van der Waals surface area contributed by atoms with Crippen LogP contribution in [0.25, 0.3) is 5.65 Å². The van der Waals surface area contributed by atoms with E-state index in [1.807, 2.05) is 18.2 Å². The van der Waals surface area contributed by atoms with Crippen LogP contribution in [0.3, 0.4) is 0 Å². The van der Waals surface area contributed by atoms with Crippen molar-refractivity contribution in [1.82, 2.24) is 19.5 Å². The fraction of sp³-hybridized carbons (Fsp3) is 0.455. The van der Waals surface area contributed by atoms with Gasteiger partial charge in [0, 0.05) is 18.3 Å². The fourth-order valence-electron chi connectivity index (χ4n) is 4.15. The number of nitrogens with zero attached hydrogens (tertiary/aromatic N) is 4. The highest BCUT2D eigenvalue weighted by Crippen LogP contribution is 2.36. The summed E-state index contributed by atoms with van der Waals surface area (Å²) in [5.41, 5.74) is 1.50. The quantitative estimate of drug-likeness (QED) is 0.565. The molecule has 6 nitrogen and oxygen atoms in total. The van der Waals surface area contributed by atoms with Crippen molar-refractivity contribution in [2.24, 2.45) is 0 Å². The molecule has 0 bridgehead atoms. The average molecular weight is 434 g/mol. The predicted octanol–water partition coefficient (Wildman–Crippen LogP) is 4.66. The molecule has 0 N–H and O–H groups in total. The van der Waals surface area contributed by atoms with E-state index in [9.17, 15) is 13.2 Å². The van der Waals surface area contributed by atoms with E-state index in [4.69, 9.17) is 9.47 Å². The summed E-state index contributed by atoms with van der Waals surface area (Å²) in [6.45, 7) is 3.27. The van der Waals surface area contributed by atoms with Gasteiger partial charge >= 0.3 is 6.18 Å². The molecule has 1 aliphatic heterocycles. The Kier molecular flexibility index (Phi) is 5.79. The van der Waals surface area contributed by atoms with Gasteiger partial charge in [0.25, 0.3) is 0 Å². The molecule has 0 aliphatic carbocycles. The van der Waals surface area contributed by atoms with Gasteiger partial charge in [-0.3, -0.25) is 4.90 Å². The lowest BCUT2D eigenvalue weighted by Gasteiger charge is -2.23. The van der Waals surface area contributed by atoms with Gasteiger partial charge in [-0.05, 0) is 49.6 Å². The lowest BCUT2D eigenvalue weighted by Crippen LogP contribution is -2.23. The minimum Gasteiger partial charge on any atom is -0.493 e. The van der Waals surface area contributed by atoms with Gasteiger partial charge in [0.05, 0.1) is 26.0 Å². The molecule has 1 fully saturated rings. The van der Waals surface area contributed by atoms with Crippen molar-refractivity contribution < 1.29 is 22.6 Å². The molecule has 0 radical (unpaired) electrons. The molecule has 1 saturated heterocycles. The van der Waals surface area contributed by atoms with Gasteiger partial charge in [-0.25, -0.2) is 9.50 Å². The number of alkyl halides is 3. The molecule has 0 saturated carbocycles. The Labute approximate surface area is 178 Å². The maximum absolute atomic E-state index is 13.6. The second-order valence-corrected chi connectivity index (χ2v) is 7.64. The SMILES string of the molecule is CCc1cc(C(F)(F)F)n2nc([C@@H]3CCCN3Cc3ccc(OC)c(OC)c3)cc2n1. The number of halogens is 3. The summed E-state index contributed by atoms with van der Waals surface area (Å²) >= 11 is 0. The molecule has 1 atom stereocenters. The van der Waals surface area contributed by atoms with Gasteiger partial charge in [0.15, 0.2) is 17.1 Å². The summed E-state index contributed by atoms with van der Waals surface area (Å²) in [5, 5.41) is 4.34. The van der Waals surface area contributed by atoms with Crippen molar-refractivity contribution in [3.8, 4) is 11.5 Å². The molecule has 1 aliphatic rings. The zero-order valence-corrected chi connectivity index (χ0v) is 17.7. The van der Waals surface area contributed by atoms with Crippen LogP contribution in [0.1, 0.15) is 48.5 Å². The van der Waals surface area contributed by atoms with E-state index in [1.165, 1.54) is 0 Å². The molecule has 0 unspecified atom stereocenters. The number of rotatable bonds is 6. The van der Waals surface area contributed by atoms with Crippen molar-refractivity contribution in [2.75, 3.05) is 20.8 Å². The lowest BCUT2D eigenvalue weighted by molar-refractivity contribution is -0.142. The Balaban J connectivity index is 1.66. The summed E-state index contributed by atoms with van der Waals surface area (Å²) in [6, 6.07) is 8.45. The molecule has 31 heavy (non-hydrogen) atoms. The van der Waals surface area contributed by atoms with Crippen molar-refractivity contribution in [3.63, 3.8) is 0 Å². The molecule has 1 aromatic carbocycles. The molecule has 166 valence electrons. The fourth-order valence-corrected chi connectivity index (χ4v) is 4.15. The van der Waals surface area contributed by atoms with Crippen LogP contribution < -0.4 is 9.47 Å². The molecular formula is C22H25F3N4O2. The highest BCUT2D eigenvalue weighted by molar-refractivity contribution is 5.44. The minimum atomic E-state index is -4.50. The summed E-state index contributed by atoms with van der Waals surface area (Å²) in [5.74, 6) is 1.30. The Morgan fingerprint density at radius 2 is 1.87 bits per heavy atom. The topological polar surface area (TPSA) is 51.9 Å². The number of fused-ring (bicyclic) bond motifs is 1. The standard InChI is InChI=1S/C22H25F3N4O2/c1-4-15-11-20(22(23,24)25)29-21(26-15)12-16(27-29)17-6-5-9-28(17)13-14-7-8-18(30-2)19(10-14)31-3/h7-8,10-12,17H,4-6,9,13H2,1-3H3/t17-/m0/s1. The highest BCUT2D eigenvalue weighted by atomic mass is 19.4. The second kappa shape index (κ2) is 8.37. The number of ether oxygens (including phenoxy) is 2. The van der Waals surface area contributed by atoms with Crippen molar-refractivity contribution >= 4 is 5.65 Å². The van der Waals surface area contributed by atoms with Gasteiger partial charge in [-0.15, -0.1) is 0 Å². The lowest BCUT2D eigenvalue weighted by atomic mass is 10.1. The largest absolute Gasteiger partial charge is 0.493 e. The molecule has 4 rings (SSSR count). The molecule has 2 aromatic heterocycles. The normalized spacial score (nSPS) is 17.4. The molecule has 9 heteroatoms. The van der Waals surface area contributed by atoms with Gasteiger partial charge in [-0.1, -0.05) is 13.0 Å². The maximum atomic E-state index is 13.6. The van der Waals surface area contributed by atoms with Crippen LogP contribution in [-0.4, -0.2) is 40.3 Å². The number of hydrogen-bond donors (Lipinski definition) is 0. The van der Waals surface area contributed by atoms with E-state index in [1.54, 1.807) is 27.2 Å². The van der Waals surface area contributed by atoms with Crippen LogP contribution in [0.5, 0.6) is 11.5 Å². The average Bonchev–Trinajstić information content (AvgIpc) is 3.38. The molecular weight excluding hydrogens is 409 g/mol. The molecule has 3 aromatic rings. The first kappa shape index (κ1) is 21.4. The van der Waals surface area contributed by atoms with E-state index >= 15 is 0 Å². The first-order chi connectivity index (χ1) is 14.8. The number of hydrogen-bond acceptors (Lipinski definition) is 5. The van der Waals surface area contributed by atoms with Crippen LogP contribution in [-0.2, 0) is 19.1 Å². The number of aromatic nitrogens is 3. The number of aryl methyl sites for hydroxylation is 1. The Morgan fingerprint density at radius 3 is 2.55 bits per heavy atom. The summed E-state index contributed by atoms with van der Waals surface area (Å²) in [7, 11) is 3.18. The Morgan fingerprint density at radius 1 is 1.10 bits per heavy atom. The Hall–Kier alpha value is -2.81. The third-order valence-corrected chi connectivity index (χ3v) is 5.69. The number of benzene rings is 1. The maximum Gasteiger partial charge on any atom is 0.433 e. The summed E-state index contributed by atoms with van der Waals surface area (Å²) in [6.07, 6.45) is -2.29. The smallest absolute Gasteiger partial charge is 0.433 e. The second-order valence-electron chi connectivity index (χ2n) is 7.64. The monoisotopic (exact) mass is 434 g/mol. The van der Waals surface area contributed by atoms with Crippen molar-refractivity contribution in [2.45, 2.75) is 44.9 Å². The van der Waals surface area contributed by atoms with E-state index in [-0.39, 0.29) is 11.7 Å². The Bertz CT molecular complexity index is 1080. The van der Waals surface area contributed by atoms with E-state index < -0.39 is 11.9 Å². The van der Waals surface area contributed by atoms with Crippen LogP contribution in [0.2, 0.25) is 0 Å². The first-order valence-electron chi connectivity index (χ1n) is 10.3. The van der Waals surface area contributed by atoms with Gasteiger partial charge in [0.2, 0.25) is 0 Å². The first-order valence-corrected chi connectivity index (χ1v) is 10.3.